The van der Waals surface area contributed by atoms with E-state index in [1.54, 1.807) is 18.1 Å². The van der Waals surface area contributed by atoms with Crippen molar-refractivity contribution in [2.24, 2.45) is 0 Å². The summed E-state index contributed by atoms with van der Waals surface area (Å²) in [6, 6.07) is 10.5. The van der Waals surface area contributed by atoms with Crippen LogP contribution in [0.15, 0.2) is 36.5 Å². The van der Waals surface area contributed by atoms with E-state index in [0.717, 1.165) is 45.4 Å². The number of hydrogen-bond acceptors (Lipinski definition) is 4. The van der Waals surface area contributed by atoms with Gasteiger partial charge in [-0.25, -0.2) is 0 Å². The molecule has 0 unspecified atom stereocenters. The van der Waals surface area contributed by atoms with Gasteiger partial charge in [-0.15, -0.1) is 0 Å². The molecule has 3 nitrogen and oxygen atoms in total. The first-order valence-electron chi connectivity index (χ1n) is 9.59. The first-order chi connectivity index (χ1) is 14.0. The lowest BCUT2D eigenvalue weighted by atomic mass is 9.82. The van der Waals surface area contributed by atoms with Gasteiger partial charge in [0.1, 0.15) is 6.29 Å². The minimum Gasteiger partial charge on any atom is -0.310 e. The summed E-state index contributed by atoms with van der Waals surface area (Å²) in [7, 11) is 0. The third-order valence-electron chi connectivity index (χ3n) is 5.69. The summed E-state index contributed by atoms with van der Waals surface area (Å²) in [5.41, 5.74) is 11.3. The number of fused-ring (bicyclic) bond motifs is 3. The SMILES string of the molecule is CSN1Cc2ncc(Cl)cc2-c2c(C)c(-c3ccc(C)cc3)c(CC=O)c(C)c21. The van der Waals surface area contributed by atoms with Crippen LogP contribution in [0.5, 0.6) is 0 Å². The molecule has 2 heterocycles. The van der Waals surface area contributed by atoms with Crippen molar-refractivity contribution in [3.05, 3.63) is 69.5 Å². The van der Waals surface area contributed by atoms with E-state index < -0.39 is 0 Å². The summed E-state index contributed by atoms with van der Waals surface area (Å²) in [6.07, 6.45) is 5.19. The maximum atomic E-state index is 11.6. The summed E-state index contributed by atoms with van der Waals surface area (Å²) >= 11 is 8.01. The topological polar surface area (TPSA) is 33.2 Å². The van der Waals surface area contributed by atoms with E-state index in [0.29, 0.717) is 18.0 Å². The molecule has 0 fully saturated rings. The fraction of sp³-hybridized carbons (Fsp3) is 0.250. The minimum absolute atomic E-state index is 0.395. The van der Waals surface area contributed by atoms with E-state index in [1.807, 2.05) is 6.07 Å². The molecule has 0 saturated carbocycles. The number of hydrogen-bond donors (Lipinski definition) is 0. The highest BCUT2D eigenvalue weighted by Gasteiger charge is 2.30. The lowest BCUT2D eigenvalue weighted by Gasteiger charge is -2.35. The number of pyridine rings is 1. The zero-order valence-electron chi connectivity index (χ0n) is 17.0. The quantitative estimate of drug-likeness (QED) is 0.363. The molecule has 0 saturated heterocycles. The third-order valence-corrected chi connectivity index (χ3v) is 6.65. The molecule has 1 aliphatic heterocycles. The van der Waals surface area contributed by atoms with Gasteiger partial charge in [-0.1, -0.05) is 53.4 Å². The van der Waals surface area contributed by atoms with Crippen LogP contribution in [-0.4, -0.2) is 17.5 Å². The monoisotopic (exact) mass is 422 g/mol. The second-order valence-corrected chi connectivity index (χ2v) is 8.67. The first-order valence-corrected chi connectivity index (χ1v) is 11.1. The standard InChI is InChI=1S/C24H23ClN2OS/c1-14-5-7-17(8-6-14)22-16(3)23-20-11-18(25)12-26-21(20)13-27(29-4)24(23)15(2)19(22)9-10-28/h5-8,10-12H,9,13H2,1-4H3. The molecule has 29 heavy (non-hydrogen) atoms. The second-order valence-electron chi connectivity index (χ2n) is 7.43. The summed E-state index contributed by atoms with van der Waals surface area (Å²) in [6.45, 7) is 7.07. The van der Waals surface area contributed by atoms with Gasteiger partial charge in [0.2, 0.25) is 0 Å². The molecule has 0 atom stereocenters. The van der Waals surface area contributed by atoms with Gasteiger partial charge in [-0.05, 0) is 54.7 Å². The van der Waals surface area contributed by atoms with E-state index in [2.05, 4.69) is 60.6 Å². The number of aryl methyl sites for hydroxylation is 1. The van der Waals surface area contributed by atoms with Gasteiger partial charge < -0.3 is 9.10 Å². The van der Waals surface area contributed by atoms with Gasteiger partial charge in [-0.3, -0.25) is 4.98 Å². The van der Waals surface area contributed by atoms with Gasteiger partial charge in [0.15, 0.2) is 0 Å². The van der Waals surface area contributed by atoms with Crippen molar-refractivity contribution in [1.29, 1.82) is 0 Å². The Kier molecular flexibility index (Phi) is 5.41. The van der Waals surface area contributed by atoms with Crippen molar-refractivity contribution in [3.63, 3.8) is 0 Å². The Morgan fingerprint density at radius 1 is 1.14 bits per heavy atom. The van der Waals surface area contributed by atoms with E-state index in [9.17, 15) is 4.79 Å². The highest BCUT2D eigenvalue weighted by atomic mass is 35.5. The molecule has 4 rings (SSSR count). The van der Waals surface area contributed by atoms with Crippen LogP contribution >= 0.6 is 23.5 Å². The summed E-state index contributed by atoms with van der Waals surface area (Å²) in [5.74, 6) is 0. The molecule has 0 bridgehead atoms. The van der Waals surface area contributed by atoms with Gasteiger partial charge in [0, 0.05) is 30.0 Å². The molecule has 1 aromatic heterocycles. The van der Waals surface area contributed by atoms with E-state index in [4.69, 9.17) is 11.6 Å². The second kappa shape index (κ2) is 7.85. The first kappa shape index (κ1) is 20.0. The molecule has 0 amide bonds. The zero-order chi connectivity index (χ0) is 20.7. The van der Waals surface area contributed by atoms with Crippen molar-refractivity contribution < 1.29 is 4.79 Å². The normalized spacial score (nSPS) is 12.5. The summed E-state index contributed by atoms with van der Waals surface area (Å²) in [4.78, 5) is 16.2. The molecule has 148 valence electrons. The highest BCUT2D eigenvalue weighted by molar-refractivity contribution is 7.99. The van der Waals surface area contributed by atoms with Crippen LogP contribution in [0, 0.1) is 20.8 Å². The van der Waals surface area contributed by atoms with Crippen molar-refractivity contribution >= 4 is 35.5 Å². The molecule has 0 spiro atoms. The Bertz CT molecular complexity index is 1110. The number of benzene rings is 2. The molecular weight excluding hydrogens is 400 g/mol. The number of aldehydes is 1. The van der Waals surface area contributed by atoms with Crippen LogP contribution in [0.1, 0.15) is 27.9 Å². The number of nitrogens with zero attached hydrogens (tertiary/aromatic N) is 2. The van der Waals surface area contributed by atoms with E-state index in [1.165, 1.54) is 16.8 Å². The number of rotatable bonds is 4. The van der Waals surface area contributed by atoms with Gasteiger partial charge in [0.05, 0.1) is 22.9 Å². The number of carbonyl (C=O) groups excluding carboxylic acids is 1. The zero-order valence-corrected chi connectivity index (χ0v) is 18.6. The number of anilines is 1. The lowest BCUT2D eigenvalue weighted by molar-refractivity contribution is -0.107. The van der Waals surface area contributed by atoms with E-state index in [-0.39, 0.29) is 0 Å². The maximum Gasteiger partial charge on any atom is 0.124 e. The Balaban J connectivity index is 2.12. The third kappa shape index (κ3) is 3.34. The van der Waals surface area contributed by atoms with Gasteiger partial charge >= 0.3 is 0 Å². The van der Waals surface area contributed by atoms with Crippen LogP contribution in [0.25, 0.3) is 22.3 Å². The predicted molar refractivity (Wildman–Crippen MR) is 124 cm³/mol. The number of halogens is 1. The smallest absolute Gasteiger partial charge is 0.124 e. The predicted octanol–water partition coefficient (Wildman–Crippen LogP) is 6.33. The van der Waals surface area contributed by atoms with E-state index >= 15 is 0 Å². The van der Waals surface area contributed by atoms with Gasteiger partial charge in [0.25, 0.3) is 0 Å². The van der Waals surface area contributed by atoms with Crippen LogP contribution in [0.4, 0.5) is 5.69 Å². The average Bonchev–Trinajstić information content (AvgIpc) is 2.71. The lowest BCUT2D eigenvalue weighted by Crippen LogP contribution is -2.23. The van der Waals surface area contributed by atoms with Gasteiger partial charge in [-0.2, -0.15) is 0 Å². The molecule has 0 aliphatic carbocycles. The summed E-state index contributed by atoms with van der Waals surface area (Å²) < 4.78 is 2.27. The number of aromatic nitrogens is 1. The van der Waals surface area contributed by atoms with Crippen LogP contribution in [-0.2, 0) is 17.8 Å². The summed E-state index contributed by atoms with van der Waals surface area (Å²) in [5, 5.41) is 0.637. The molecule has 5 heteroatoms. The molecule has 3 aromatic rings. The molecule has 0 radical (unpaired) electrons. The molecular formula is C24H23ClN2OS. The fourth-order valence-electron chi connectivity index (χ4n) is 4.32. The fourth-order valence-corrected chi connectivity index (χ4v) is 5.14. The minimum atomic E-state index is 0.395. The van der Waals surface area contributed by atoms with Crippen LogP contribution < -0.4 is 4.31 Å². The molecule has 1 aliphatic rings. The Hall–Kier alpha value is -2.30. The van der Waals surface area contributed by atoms with Crippen molar-refractivity contribution in [1.82, 2.24) is 4.98 Å². The average molecular weight is 423 g/mol. The van der Waals surface area contributed by atoms with Crippen molar-refractivity contribution in [3.8, 4) is 22.3 Å². The van der Waals surface area contributed by atoms with Crippen LogP contribution in [0.3, 0.4) is 0 Å². The maximum absolute atomic E-state index is 11.6. The Morgan fingerprint density at radius 2 is 1.86 bits per heavy atom. The van der Waals surface area contributed by atoms with Crippen molar-refractivity contribution in [2.75, 3.05) is 10.6 Å². The largest absolute Gasteiger partial charge is 0.310 e. The Labute approximate surface area is 181 Å². The highest BCUT2D eigenvalue weighted by Crippen LogP contribution is 2.50. The molecule has 2 aromatic carbocycles. The Morgan fingerprint density at radius 3 is 2.52 bits per heavy atom. The van der Waals surface area contributed by atoms with Crippen molar-refractivity contribution in [2.45, 2.75) is 33.7 Å². The van der Waals surface area contributed by atoms with Crippen LogP contribution in [0.2, 0.25) is 5.02 Å². The number of carbonyl (C=O) groups is 1. The molecule has 0 N–H and O–H groups in total.